The number of amides is 1. The topological polar surface area (TPSA) is 59.8 Å². The highest BCUT2D eigenvalue weighted by Crippen LogP contribution is 2.22. The van der Waals surface area contributed by atoms with Gasteiger partial charge < -0.3 is 5.32 Å². The molecule has 0 saturated heterocycles. The van der Waals surface area contributed by atoms with E-state index >= 15 is 0 Å². The second-order valence-corrected chi connectivity index (χ2v) is 6.70. The van der Waals surface area contributed by atoms with E-state index in [0.717, 1.165) is 22.4 Å². The zero-order valence-electron chi connectivity index (χ0n) is 15.8. The van der Waals surface area contributed by atoms with Gasteiger partial charge in [-0.2, -0.15) is 0 Å². The lowest BCUT2D eigenvalue weighted by molar-refractivity contribution is 0.101. The molecule has 1 N–H and O–H groups in total. The summed E-state index contributed by atoms with van der Waals surface area (Å²) in [6, 6.07) is 25.3. The summed E-state index contributed by atoms with van der Waals surface area (Å²) in [5, 5.41) is 7.35. The summed E-state index contributed by atoms with van der Waals surface area (Å²) in [5.41, 5.74) is 4.74. The number of carbonyl (C=O) groups excluding carboxylic acids is 1. The number of aromatic nitrogens is 3. The summed E-state index contributed by atoms with van der Waals surface area (Å²) < 4.78 is 1.72. The lowest BCUT2D eigenvalue weighted by Gasteiger charge is -2.07. The lowest BCUT2D eigenvalue weighted by Crippen LogP contribution is -2.14. The Morgan fingerprint density at radius 2 is 1.61 bits per heavy atom. The highest BCUT2D eigenvalue weighted by molar-refractivity contribution is 6.01. The third-order valence-corrected chi connectivity index (χ3v) is 4.40. The number of aryl methyl sites for hydroxylation is 2. The normalized spacial score (nSPS) is 10.6. The first-order valence-electron chi connectivity index (χ1n) is 9.08. The second-order valence-electron chi connectivity index (χ2n) is 6.70. The van der Waals surface area contributed by atoms with Crippen molar-refractivity contribution in [3.05, 3.63) is 95.8 Å². The van der Waals surface area contributed by atoms with Crippen LogP contribution in [0.3, 0.4) is 0 Å². The number of rotatable bonds is 4. The Balaban J connectivity index is 1.77. The monoisotopic (exact) mass is 368 g/mol. The molecule has 0 fully saturated rings. The van der Waals surface area contributed by atoms with E-state index in [2.05, 4.69) is 15.4 Å². The highest BCUT2D eigenvalue weighted by Gasteiger charge is 2.19. The molecule has 1 heterocycles. The standard InChI is InChI=1S/C23H20N4O/c1-16-11-13-18(14-12-16)22-25-21(23(28)24-19-8-4-3-5-9-19)26-27(22)20-10-6-7-17(2)15-20/h3-15H,1-2H3,(H,24,28). The molecule has 138 valence electrons. The third-order valence-electron chi connectivity index (χ3n) is 4.40. The van der Waals surface area contributed by atoms with Crippen LogP contribution in [0.25, 0.3) is 17.1 Å². The number of nitrogens with zero attached hydrogens (tertiary/aromatic N) is 3. The molecule has 0 aliphatic heterocycles. The highest BCUT2D eigenvalue weighted by atomic mass is 16.2. The first-order chi connectivity index (χ1) is 13.6. The van der Waals surface area contributed by atoms with Crippen molar-refractivity contribution in [3.63, 3.8) is 0 Å². The van der Waals surface area contributed by atoms with Crippen LogP contribution in [0.1, 0.15) is 21.7 Å². The largest absolute Gasteiger partial charge is 0.319 e. The van der Waals surface area contributed by atoms with Crippen molar-refractivity contribution in [2.24, 2.45) is 0 Å². The number of hydrogen-bond donors (Lipinski definition) is 1. The molecule has 28 heavy (non-hydrogen) atoms. The molecule has 0 bridgehead atoms. The molecular formula is C23H20N4O. The quantitative estimate of drug-likeness (QED) is 0.563. The van der Waals surface area contributed by atoms with Gasteiger partial charge in [0, 0.05) is 11.3 Å². The van der Waals surface area contributed by atoms with Gasteiger partial charge in [-0.3, -0.25) is 4.79 Å². The number of benzene rings is 3. The van der Waals surface area contributed by atoms with E-state index in [1.807, 2.05) is 92.7 Å². The van der Waals surface area contributed by atoms with Crippen LogP contribution in [0.5, 0.6) is 0 Å². The molecule has 0 spiro atoms. The zero-order valence-corrected chi connectivity index (χ0v) is 15.8. The number of para-hydroxylation sites is 1. The molecule has 3 aromatic carbocycles. The zero-order chi connectivity index (χ0) is 19.5. The Hall–Kier alpha value is -3.73. The number of anilines is 1. The summed E-state index contributed by atoms with van der Waals surface area (Å²) in [5.74, 6) is 0.413. The molecule has 0 saturated carbocycles. The minimum absolute atomic E-state index is 0.126. The Kier molecular flexibility index (Phi) is 4.72. The van der Waals surface area contributed by atoms with Gasteiger partial charge in [0.05, 0.1) is 5.69 Å². The van der Waals surface area contributed by atoms with Crippen LogP contribution in [0.2, 0.25) is 0 Å². The van der Waals surface area contributed by atoms with Gasteiger partial charge in [-0.15, -0.1) is 5.10 Å². The van der Waals surface area contributed by atoms with Crippen LogP contribution in [0.4, 0.5) is 5.69 Å². The summed E-state index contributed by atoms with van der Waals surface area (Å²) in [6.07, 6.45) is 0. The predicted molar refractivity (Wildman–Crippen MR) is 111 cm³/mol. The van der Waals surface area contributed by atoms with Gasteiger partial charge in [-0.25, -0.2) is 9.67 Å². The smallest absolute Gasteiger partial charge is 0.295 e. The van der Waals surface area contributed by atoms with Crippen LogP contribution in [-0.2, 0) is 0 Å². The van der Waals surface area contributed by atoms with Gasteiger partial charge in [0.15, 0.2) is 5.82 Å². The van der Waals surface area contributed by atoms with Crippen molar-refractivity contribution in [2.45, 2.75) is 13.8 Å². The van der Waals surface area contributed by atoms with E-state index < -0.39 is 0 Å². The van der Waals surface area contributed by atoms with Crippen LogP contribution < -0.4 is 5.32 Å². The molecule has 0 unspecified atom stereocenters. The first-order valence-corrected chi connectivity index (χ1v) is 9.08. The third kappa shape index (κ3) is 3.69. The van der Waals surface area contributed by atoms with E-state index in [9.17, 15) is 4.79 Å². The summed E-state index contributed by atoms with van der Waals surface area (Å²) in [4.78, 5) is 17.3. The average molecular weight is 368 g/mol. The maximum atomic E-state index is 12.7. The number of carbonyl (C=O) groups is 1. The summed E-state index contributed by atoms with van der Waals surface area (Å²) in [6.45, 7) is 4.06. The maximum absolute atomic E-state index is 12.7. The van der Waals surface area contributed by atoms with Crippen molar-refractivity contribution < 1.29 is 4.79 Å². The summed E-state index contributed by atoms with van der Waals surface area (Å²) in [7, 11) is 0. The molecule has 1 aromatic heterocycles. The molecule has 0 aliphatic carbocycles. The molecule has 0 atom stereocenters. The van der Waals surface area contributed by atoms with Gasteiger partial charge >= 0.3 is 0 Å². The Morgan fingerprint density at radius 3 is 2.32 bits per heavy atom. The van der Waals surface area contributed by atoms with Crippen molar-refractivity contribution in [1.82, 2.24) is 14.8 Å². The Bertz CT molecular complexity index is 1120. The van der Waals surface area contributed by atoms with E-state index in [-0.39, 0.29) is 11.7 Å². The van der Waals surface area contributed by atoms with Gasteiger partial charge in [0.2, 0.25) is 5.82 Å². The van der Waals surface area contributed by atoms with Gasteiger partial charge in [-0.1, -0.05) is 60.2 Å². The molecular weight excluding hydrogens is 348 g/mol. The molecule has 0 radical (unpaired) electrons. The molecule has 4 aromatic rings. The fourth-order valence-electron chi connectivity index (χ4n) is 2.95. The fraction of sp³-hybridized carbons (Fsp3) is 0.0870. The Morgan fingerprint density at radius 1 is 0.857 bits per heavy atom. The summed E-state index contributed by atoms with van der Waals surface area (Å²) >= 11 is 0. The van der Waals surface area contributed by atoms with Crippen molar-refractivity contribution >= 4 is 11.6 Å². The number of hydrogen-bond acceptors (Lipinski definition) is 3. The first kappa shape index (κ1) is 17.7. The van der Waals surface area contributed by atoms with Gasteiger partial charge in [0.25, 0.3) is 5.91 Å². The van der Waals surface area contributed by atoms with E-state index in [1.165, 1.54) is 0 Å². The van der Waals surface area contributed by atoms with Gasteiger partial charge in [0.1, 0.15) is 0 Å². The van der Waals surface area contributed by atoms with E-state index in [0.29, 0.717) is 11.5 Å². The SMILES string of the molecule is Cc1ccc(-c2nc(C(=O)Nc3ccccc3)nn2-c2cccc(C)c2)cc1. The molecule has 0 aliphatic rings. The maximum Gasteiger partial charge on any atom is 0.295 e. The molecule has 5 nitrogen and oxygen atoms in total. The predicted octanol–water partition coefficient (Wildman–Crippen LogP) is 4.80. The van der Waals surface area contributed by atoms with Crippen LogP contribution in [0, 0.1) is 13.8 Å². The Labute approximate surface area is 163 Å². The molecule has 5 heteroatoms. The van der Waals surface area contributed by atoms with Crippen LogP contribution in [0.15, 0.2) is 78.9 Å². The molecule has 1 amide bonds. The fourth-order valence-corrected chi connectivity index (χ4v) is 2.95. The average Bonchev–Trinajstić information content (AvgIpc) is 3.15. The minimum Gasteiger partial charge on any atom is -0.319 e. The number of nitrogens with one attached hydrogen (secondary N) is 1. The van der Waals surface area contributed by atoms with Crippen molar-refractivity contribution in [3.8, 4) is 17.1 Å². The molecule has 4 rings (SSSR count). The lowest BCUT2D eigenvalue weighted by atomic mass is 10.1. The van der Waals surface area contributed by atoms with Crippen molar-refractivity contribution in [2.75, 3.05) is 5.32 Å². The minimum atomic E-state index is -0.342. The van der Waals surface area contributed by atoms with Gasteiger partial charge in [-0.05, 0) is 43.7 Å². The van der Waals surface area contributed by atoms with E-state index in [1.54, 1.807) is 4.68 Å². The van der Waals surface area contributed by atoms with E-state index in [4.69, 9.17) is 0 Å². The van der Waals surface area contributed by atoms with Crippen LogP contribution in [-0.4, -0.2) is 20.7 Å². The van der Waals surface area contributed by atoms with Crippen LogP contribution >= 0.6 is 0 Å². The van der Waals surface area contributed by atoms with Crippen molar-refractivity contribution in [1.29, 1.82) is 0 Å². The second kappa shape index (κ2) is 7.48.